The van der Waals surface area contributed by atoms with Crippen molar-refractivity contribution in [3.8, 4) is 0 Å². The van der Waals surface area contributed by atoms with Crippen LogP contribution in [-0.2, 0) is 12.8 Å². The summed E-state index contributed by atoms with van der Waals surface area (Å²) >= 11 is 1.88. The van der Waals surface area contributed by atoms with Gasteiger partial charge in [-0.1, -0.05) is 66.4 Å². The quantitative estimate of drug-likeness (QED) is 0.221. The number of hydrogen-bond acceptors (Lipinski definition) is 4. The van der Waals surface area contributed by atoms with Gasteiger partial charge in [0, 0.05) is 45.6 Å². The zero-order valence-electron chi connectivity index (χ0n) is 22.5. The maximum Gasteiger partial charge on any atom is 0.0603 e. The largest absolute Gasteiger partial charge is 0.371 e. The molecule has 0 radical (unpaired) electrons. The number of para-hydroxylation sites is 3. The van der Waals surface area contributed by atoms with Gasteiger partial charge in [-0.2, -0.15) is 0 Å². The molecule has 0 fully saturated rings. The average Bonchev–Trinajstić information content (AvgIpc) is 3.02. The molecule has 0 saturated heterocycles. The van der Waals surface area contributed by atoms with Crippen LogP contribution in [0.15, 0.2) is 125 Å². The number of rotatable bonds is 4. The van der Waals surface area contributed by atoms with Gasteiger partial charge in [0.05, 0.1) is 17.1 Å². The molecular weight excluding hydrogens is 506 g/mol. The summed E-state index contributed by atoms with van der Waals surface area (Å²) in [5.74, 6) is 0. The summed E-state index contributed by atoms with van der Waals surface area (Å²) in [5.41, 5.74) is 11.9. The first-order chi connectivity index (χ1) is 19.8. The Balaban J connectivity index is 1.30. The third-order valence-electron chi connectivity index (χ3n) is 8.43. The summed E-state index contributed by atoms with van der Waals surface area (Å²) in [6, 6.07) is 42.0. The molecule has 0 unspecified atom stereocenters. The molecule has 5 aromatic rings. The third-order valence-corrected chi connectivity index (χ3v) is 9.54. The van der Waals surface area contributed by atoms with E-state index in [-0.39, 0.29) is 0 Å². The Hall–Kier alpha value is -4.15. The Morgan fingerprint density at radius 1 is 0.550 bits per heavy atom. The minimum atomic E-state index is 1.14. The summed E-state index contributed by atoms with van der Waals surface area (Å²) in [7, 11) is 0. The smallest absolute Gasteiger partial charge is 0.0603 e. The molecule has 0 amide bonds. The minimum Gasteiger partial charge on any atom is -0.371 e. The number of aryl methyl sites for hydroxylation is 1. The lowest BCUT2D eigenvalue weighted by Crippen LogP contribution is -2.35. The van der Waals surface area contributed by atoms with Crippen LogP contribution in [0.3, 0.4) is 0 Å². The Morgan fingerprint density at radius 3 is 1.98 bits per heavy atom. The van der Waals surface area contributed by atoms with Crippen LogP contribution in [0.25, 0.3) is 0 Å². The van der Waals surface area contributed by atoms with E-state index in [0.29, 0.717) is 0 Å². The molecule has 196 valence electrons. The summed E-state index contributed by atoms with van der Waals surface area (Å²) in [6.45, 7) is 2.37. The summed E-state index contributed by atoms with van der Waals surface area (Å²) in [5, 5.41) is 0. The van der Waals surface area contributed by atoms with Crippen molar-refractivity contribution < 1.29 is 0 Å². The number of anilines is 7. The van der Waals surface area contributed by atoms with Gasteiger partial charge in [0.15, 0.2) is 0 Å². The highest BCUT2D eigenvalue weighted by Crippen LogP contribution is 2.55. The average molecular weight is 538 g/mol. The summed E-state index contributed by atoms with van der Waals surface area (Å²) in [4.78, 5) is 10.1. The SMILES string of the molecule is c1ccc(N(c2ccccc2)c2ccc3c(c2)Sc2ccccc2N3c2ccc3c4c2CCCN4CCC3)cc1. The maximum atomic E-state index is 2.65. The van der Waals surface area contributed by atoms with Crippen molar-refractivity contribution in [2.24, 2.45) is 0 Å². The van der Waals surface area contributed by atoms with Crippen molar-refractivity contribution in [1.29, 1.82) is 0 Å². The lowest BCUT2D eigenvalue weighted by atomic mass is 9.90. The van der Waals surface area contributed by atoms with Crippen LogP contribution in [0.2, 0.25) is 0 Å². The molecule has 0 spiro atoms. The van der Waals surface area contributed by atoms with E-state index >= 15 is 0 Å². The second-order valence-corrected chi connectivity index (χ2v) is 11.9. The van der Waals surface area contributed by atoms with E-state index in [9.17, 15) is 0 Å². The van der Waals surface area contributed by atoms with Gasteiger partial charge in [-0.3, -0.25) is 0 Å². The Kier molecular flexibility index (Phi) is 5.81. The van der Waals surface area contributed by atoms with E-state index in [1.165, 1.54) is 81.7 Å². The minimum absolute atomic E-state index is 1.14. The topological polar surface area (TPSA) is 9.72 Å². The lowest BCUT2D eigenvalue weighted by molar-refractivity contribution is 0.634. The summed E-state index contributed by atoms with van der Waals surface area (Å²) in [6.07, 6.45) is 4.83. The van der Waals surface area contributed by atoms with Gasteiger partial charge in [-0.15, -0.1) is 0 Å². The van der Waals surface area contributed by atoms with Gasteiger partial charge in [-0.05, 0) is 97.5 Å². The molecule has 5 aromatic carbocycles. The third kappa shape index (κ3) is 3.89. The van der Waals surface area contributed by atoms with Gasteiger partial charge >= 0.3 is 0 Å². The highest BCUT2D eigenvalue weighted by atomic mass is 32.2. The fourth-order valence-corrected chi connectivity index (χ4v) is 7.80. The van der Waals surface area contributed by atoms with E-state index in [4.69, 9.17) is 0 Å². The predicted molar refractivity (Wildman–Crippen MR) is 169 cm³/mol. The first kappa shape index (κ1) is 23.7. The second-order valence-electron chi connectivity index (χ2n) is 10.8. The monoisotopic (exact) mass is 537 g/mol. The highest BCUT2D eigenvalue weighted by Gasteiger charge is 2.32. The van der Waals surface area contributed by atoms with Crippen molar-refractivity contribution in [1.82, 2.24) is 0 Å². The molecule has 8 rings (SSSR count). The number of nitrogens with zero attached hydrogens (tertiary/aromatic N) is 3. The van der Waals surface area contributed by atoms with E-state index in [1.54, 1.807) is 0 Å². The molecule has 3 heterocycles. The Bertz CT molecular complexity index is 1660. The molecule has 0 atom stereocenters. The van der Waals surface area contributed by atoms with E-state index < -0.39 is 0 Å². The van der Waals surface area contributed by atoms with Gasteiger partial charge < -0.3 is 14.7 Å². The van der Waals surface area contributed by atoms with Crippen LogP contribution in [0.4, 0.5) is 39.8 Å². The molecule has 40 heavy (non-hydrogen) atoms. The molecule has 0 bridgehead atoms. The van der Waals surface area contributed by atoms with Crippen molar-refractivity contribution in [3.05, 3.63) is 126 Å². The molecule has 0 saturated carbocycles. The Morgan fingerprint density at radius 2 is 1.20 bits per heavy atom. The second kappa shape index (κ2) is 9.79. The molecule has 4 heteroatoms. The number of benzene rings is 5. The number of hydrogen-bond donors (Lipinski definition) is 0. The number of fused-ring (bicyclic) bond motifs is 2. The lowest BCUT2D eigenvalue weighted by Gasteiger charge is -2.41. The fourth-order valence-electron chi connectivity index (χ4n) is 6.71. The van der Waals surface area contributed by atoms with Crippen molar-refractivity contribution in [2.45, 2.75) is 35.5 Å². The van der Waals surface area contributed by atoms with Crippen LogP contribution in [-0.4, -0.2) is 13.1 Å². The molecule has 3 aliphatic heterocycles. The van der Waals surface area contributed by atoms with E-state index in [2.05, 4.69) is 130 Å². The van der Waals surface area contributed by atoms with Crippen molar-refractivity contribution in [3.63, 3.8) is 0 Å². The van der Waals surface area contributed by atoms with Crippen LogP contribution in [0, 0.1) is 0 Å². The van der Waals surface area contributed by atoms with Gasteiger partial charge in [0.1, 0.15) is 0 Å². The van der Waals surface area contributed by atoms with Crippen LogP contribution in [0.5, 0.6) is 0 Å². The molecule has 0 N–H and O–H groups in total. The normalized spacial score (nSPS) is 15.2. The van der Waals surface area contributed by atoms with Crippen LogP contribution >= 0.6 is 11.8 Å². The molecule has 3 aliphatic rings. The zero-order valence-corrected chi connectivity index (χ0v) is 23.3. The highest BCUT2D eigenvalue weighted by molar-refractivity contribution is 7.99. The predicted octanol–water partition coefficient (Wildman–Crippen LogP) is 9.79. The first-order valence-electron chi connectivity index (χ1n) is 14.4. The summed E-state index contributed by atoms with van der Waals surface area (Å²) < 4.78 is 0. The Labute approximate surface area is 240 Å². The fraction of sp³-hybridized carbons (Fsp3) is 0.167. The standard InChI is InChI=1S/C36H31N3S/c1-3-12-27(13-4-1)38(28-14-5-2-6-15-28)29-20-22-33-35(25-29)40-34-18-8-7-17-32(34)39(33)31-21-19-26-11-9-23-37-24-10-16-30(31)36(26)37/h1-8,12-15,17-22,25H,9-11,16,23-24H2. The van der Waals surface area contributed by atoms with Gasteiger partial charge in [0.2, 0.25) is 0 Å². The zero-order chi connectivity index (χ0) is 26.5. The molecular formula is C36H31N3S. The van der Waals surface area contributed by atoms with E-state index in [0.717, 1.165) is 17.8 Å². The molecule has 0 aliphatic carbocycles. The molecule has 0 aromatic heterocycles. The van der Waals surface area contributed by atoms with Crippen LogP contribution in [0.1, 0.15) is 24.0 Å². The van der Waals surface area contributed by atoms with E-state index in [1.807, 2.05) is 11.8 Å². The van der Waals surface area contributed by atoms with Crippen molar-refractivity contribution >= 4 is 51.6 Å². The molecule has 3 nitrogen and oxygen atoms in total. The first-order valence-corrected chi connectivity index (χ1v) is 15.2. The van der Waals surface area contributed by atoms with Gasteiger partial charge in [0.25, 0.3) is 0 Å². The van der Waals surface area contributed by atoms with Gasteiger partial charge in [-0.25, -0.2) is 0 Å². The van der Waals surface area contributed by atoms with Crippen LogP contribution < -0.4 is 14.7 Å². The van der Waals surface area contributed by atoms with Crippen molar-refractivity contribution in [2.75, 3.05) is 27.8 Å². The maximum absolute atomic E-state index is 2.65.